The first kappa shape index (κ1) is 15.2. The van der Waals surface area contributed by atoms with Gasteiger partial charge in [0.05, 0.1) is 18.8 Å². The van der Waals surface area contributed by atoms with Crippen LogP contribution in [-0.4, -0.2) is 33.3 Å². The van der Waals surface area contributed by atoms with E-state index in [1.54, 1.807) is 24.0 Å². The zero-order valence-corrected chi connectivity index (χ0v) is 13.6. The van der Waals surface area contributed by atoms with Gasteiger partial charge in [0.15, 0.2) is 5.82 Å². The van der Waals surface area contributed by atoms with E-state index in [2.05, 4.69) is 16.4 Å². The van der Waals surface area contributed by atoms with Crippen LogP contribution in [0.1, 0.15) is 40.6 Å². The van der Waals surface area contributed by atoms with Crippen LogP contribution in [0.3, 0.4) is 0 Å². The normalized spacial score (nSPS) is 23.1. The molecule has 6 nitrogen and oxygen atoms in total. The number of aryl methyl sites for hydroxylation is 1. The molecule has 1 aromatic heterocycles. The Morgan fingerprint density at radius 2 is 2.29 bits per heavy atom. The Morgan fingerprint density at radius 1 is 1.46 bits per heavy atom. The highest BCUT2D eigenvalue weighted by Gasteiger charge is 2.36. The van der Waals surface area contributed by atoms with E-state index in [-0.39, 0.29) is 24.0 Å². The van der Waals surface area contributed by atoms with Crippen LogP contribution in [0, 0.1) is 5.92 Å². The lowest BCUT2D eigenvalue weighted by atomic mass is 9.75. The van der Waals surface area contributed by atoms with Gasteiger partial charge in [-0.2, -0.15) is 0 Å². The van der Waals surface area contributed by atoms with E-state index in [4.69, 9.17) is 4.74 Å². The number of nitrogens with zero attached hydrogens (tertiary/aromatic N) is 2. The van der Waals surface area contributed by atoms with Crippen LogP contribution in [0.25, 0.3) is 0 Å². The lowest BCUT2D eigenvalue weighted by Crippen LogP contribution is -2.42. The van der Waals surface area contributed by atoms with Gasteiger partial charge in [0.1, 0.15) is 5.75 Å². The predicted molar refractivity (Wildman–Crippen MR) is 87.8 cm³/mol. The lowest BCUT2D eigenvalue weighted by Gasteiger charge is -2.38. The third kappa shape index (κ3) is 2.67. The summed E-state index contributed by atoms with van der Waals surface area (Å²) in [5.41, 5.74) is 2.25. The van der Waals surface area contributed by atoms with Crippen LogP contribution in [0.2, 0.25) is 0 Å². The number of aliphatic hydroxyl groups excluding tert-OH is 1. The van der Waals surface area contributed by atoms with Crippen molar-refractivity contribution in [3.05, 3.63) is 47.5 Å². The van der Waals surface area contributed by atoms with E-state index in [0.717, 1.165) is 17.7 Å². The fraction of sp³-hybridized carbons (Fsp3) is 0.444. The number of fused-ring (bicyclic) bond motifs is 1. The minimum absolute atomic E-state index is 0.122. The first-order valence-electron chi connectivity index (χ1n) is 8.33. The molecule has 1 atom stereocenters. The van der Waals surface area contributed by atoms with Crippen LogP contribution in [0.15, 0.2) is 30.6 Å². The molecule has 1 aliphatic carbocycles. The molecule has 126 valence electrons. The summed E-state index contributed by atoms with van der Waals surface area (Å²) >= 11 is 0. The van der Waals surface area contributed by atoms with Crippen molar-refractivity contribution >= 4 is 5.91 Å². The predicted octanol–water partition coefficient (Wildman–Crippen LogP) is 1.60. The van der Waals surface area contributed by atoms with Crippen LogP contribution >= 0.6 is 0 Å². The van der Waals surface area contributed by atoms with Gasteiger partial charge < -0.3 is 19.7 Å². The van der Waals surface area contributed by atoms with Crippen LogP contribution in [0.4, 0.5) is 0 Å². The third-order valence-electron chi connectivity index (χ3n) is 5.00. The molecule has 2 aliphatic rings. The second kappa shape index (κ2) is 5.94. The molecular weight excluding hydrogens is 306 g/mol. The SMILES string of the molecule is Cn1ccnc1C(=O)NC(c1ccc2c(c1)CCO2)C1CC(O)C1. The Balaban J connectivity index is 1.60. The molecule has 0 saturated heterocycles. The fourth-order valence-corrected chi connectivity index (χ4v) is 3.57. The van der Waals surface area contributed by atoms with Crippen LogP contribution < -0.4 is 10.1 Å². The average molecular weight is 327 g/mol. The molecule has 2 aromatic rings. The molecule has 1 unspecified atom stereocenters. The number of imidazole rings is 1. The summed E-state index contributed by atoms with van der Waals surface area (Å²) in [6, 6.07) is 5.99. The highest BCUT2D eigenvalue weighted by atomic mass is 16.5. The molecule has 1 aliphatic heterocycles. The third-order valence-corrected chi connectivity index (χ3v) is 5.00. The van der Waals surface area contributed by atoms with Gasteiger partial charge in [0.2, 0.25) is 0 Å². The summed E-state index contributed by atoms with van der Waals surface area (Å²) in [7, 11) is 1.80. The number of nitrogens with one attached hydrogen (secondary N) is 1. The van der Waals surface area contributed by atoms with Crippen molar-refractivity contribution < 1.29 is 14.6 Å². The Bertz CT molecular complexity index is 765. The maximum absolute atomic E-state index is 12.6. The van der Waals surface area contributed by atoms with Gasteiger partial charge >= 0.3 is 0 Å². The largest absolute Gasteiger partial charge is 0.493 e. The maximum Gasteiger partial charge on any atom is 0.287 e. The Kier molecular flexibility index (Phi) is 3.76. The van der Waals surface area contributed by atoms with E-state index >= 15 is 0 Å². The van der Waals surface area contributed by atoms with Crippen molar-refractivity contribution in [3.8, 4) is 5.75 Å². The van der Waals surface area contributed by atoms with Gasteiger partial charge in [-0.15, -0.1) is 0 Å². The molecule has 0 radical (unpaired) electrons. The van der Waals surface area contributed by atoms with Crippen molar-refractivity contribution in [2.45, 2.75) is 31.4 Å². The monoisotopic (exact) mass is 327 g/mol. The zero-order valence-electron chi connectivity index (χ0n) is 13.6. The quantitative estimate of drug-likeness (QED) is 0.894. The zero-order chi connectivity index (χ0) is 16.7. The molecule has 2 N–H and O–H groups in total. The number of carbonyl (C=O) groups excluding carboxylic acids is 1. The van der Waals surface area contributed by atoms with Crippen molar-refractivity contribution in [1.29, 1.82) is 0 Å². The molecule has 24 heavy (non-hydrogen) atoms. The summed E-state index contributed by atoms with van der Waals surface area (Å²) < 4.78 is 7.27. The highest BCUT2D eigenvalue weighted by molar-refractivity contribution is 5.91. The second-order valence-corrected chi connectivity index (χ2v) is 6.66. The number of aromatic nitrogens is 2. The minimum Gasteiger partial charge on any atom is -0.493 e. The van der Waals surface area contributed by atoms with Gasteiger partial charge in [-0.3, -0.25) is 4.79 Å². The number of carbonyl (C=O) groups is 1. The Morgan fingerprint density at radius 3 is 3.00 bits per heavy atom. The van der Waals surface area contributed by atoms with Crippen molar-refractivity contribution in [2.24, 2.45) is 13.0 Å². The van der Waals surface area contributed by atoms with E-state index in [1.807, 2.05) is 12.1 Å². The Hall–Kier alpha value is -2.34. The molecule has 1 saturated carbocycles. The minimum atomic E-state index is -0.264. The molecule has 0 bridgehead atoms. The Labute approximate surface area is 140 Å². The molecule has 4 rings (SSSR count). The van der Waals surface area contributed by atoms with Crippen LogP contribution in [0.5, 0.6) is 5.75 Å². The number of benzene rings is 1. The molecule has 0 spiro atoms. The molecule has 1 fully saturated rings. The summed E-state index contributed by atoms with van der Waals surface area (Å²) in [4.78, 5) is 16.7. The number of hydrogen-bond acceptors (Lipinski definition) is 4. The summed E-state index contributed by atoms with van der Waals surface area (Å²) in [5.74, 6) is 1.38. The van der Waals surface area contributed by atoms with Crippen LogP contribution in [-0.2, 0) is 13.5 Å². The first-order valence-corrected chi connectivity index (χ1v) is 8.33. The smallest absolute Gasteiger partial charge is 0.287 e. The summed E-state index contributed by atoms with van der Waals surface area (Å²) in [6.07, 6.45) is 5.42. The molecule has 6 heteroatoms. The molecule has 1 aromatic carbocycles. The number of aliphatic hydroxyl groups is 1. The molecular formula is C18H21N3O3. The van der Waals surface area contributed by atoms with Crippen molar-refractivity contribution in [2.75, 3.05) is 6.61 Å². The average Bonchev–Trinajstić information content (AvgIpc) is 3.17. The number of hydrogen-bond donors (Lipinski definition) is 2. The lowest BCUT2D eigenvalue weighted by molar-refractivity contribution is 0.0233. The second-order valence-electron chi connectivity index (χ2n) is 6.66. The van der Waals surface area contributed by atoms with E-state index in [1.165, 1.54) is 5.56 Å². The number of rotatable bonds is 4. The molecule has 1 amide bonds. The topological polar surface area (TPSA) is 76.4 Å². The summed E-state index contributed by atoms with van der Waals surface area (Å²) in [5, 5.41) is 12.8. The fourth-order valence-electron chi connectivity index (χ4n) is 3.57. The van der Waals surface area contributed by atoms with Gasteiger partial charge in [0.25, 0.3) is 5.91 Å². The number of amides is 1. The van der Waals surface area contributed by atoms with Gasteiger partial charge in [-0.05, 0) is 42.0 Å². The standard InChI is InChI=1S/C18H21N3O3/c1-21-6-5-19-17(21)18(23)20-16(13-9-14(22)10-13)12-2-3-15-11(8-12)4-7-24-15/h2-3,5-6,8,13-14,16,22H,4,7,9-10H2,1H3,(H,20,23). The van der Waals surface area contributed by atoms with Gasteiger partial charge in [0, 0.05) is 25.9 Å². The summed E-state index contributed by atoms with van der Waals surface area (Å²) in [6.45, 7) is 0.714. The van der Waals surface area contributed by atoms with Crippen molar-refractivity contribution in [3.63, 3.8) is 0 Å². The van der Waals surface area contributed by atoms with E-state index in [0.29, 0.717) is 25.3 Å². The van der Waals surface area contributed by atoms with Gasteiger partial charge in [-0.25, -0.2) is 4.98 Å². The first-order chi connectivity index (χ1) is 11.6. The molecule has 2 heterocycles. The maximum atomic E-state index is 12.6. The van der Waals surface area contributed by atoms with E-state index in [9.17, 15) is 9.90 Å². The number of ether oxygens (including phenoxy) is 1. The van der Waals surface area contributed by atoms with E-state index < -0.39 is 0 Å². The van der Waals surface area contributed by atoms with Gasteiger partial charge in [-0.1, -0.05) is 6.07 Å². The highest BCUT2D eigenvalue weighted by Crippen LogP contribution is 2.39. The van der Waals surface area contributed by atoms with Crippen molar-refractivity contribution in [1.82, 2.24) is 14.9 Å².